The highest BCUT2D eigenvalue weighted by atomic mass is 32.2. The average Bonchev–Trinajstić information content (AvgIpc) is 3.51. The topological polar surface area (TPSA) is 184 Å². The van der Waals surface area contributed by atoms with Gasteiger partial charge in [0.05, 0.1) is 39.9 Å². The van der Waals surface area contributed by atoms with E-state index in [2.05, 4.69) is 16.4 Å². The van der Waals surface area contributed by atoms with E-state index in [1.54, 1.807) is 21.1 Å². The second-order valence-electron chi connectivity index (χ2n) is 15.8. The number of nitrogens with zero attached hydrogens (tertiary/aromatic N) is 5. The van der Waals surface area contributed by atoms with Crippen molar-refractivity contribution in [1.29, 1.82) is 5.26 Å². The molecular formula is C44H55N6O10PS. The molecule has 1 aromatic heterocycles. The van der Waals surface area contributed by atoms with Crippen LogP contribution in [0, 0.1) is 18.3 Å². The van der Waals surface area contributed by atoms with E-state index in [1.807, 2.05) is 111 Å². The fourth-order valence-corrected chi connectivity index (χ4v) is 12.0. The second-order valence-corrected chi connectivity index (χ2v) is 19.5. The van der Waals surface area contributed by atoms with Crippen LogP contribution < -0.4 is 20.5 Å². The lowest BCUT2D eigenvalue weighted by Crippen LogP contribution is -2.63. The minimum Gasteiger partial charge on any atom is -0.497 e. The van der Waals surface area contributed by atoms with E-state index in [4.69, 9.17) is 28.0 Å². The van der Waals surface area contributed by atoms with Crippen LogP contribution in [0.3, 0.4) is 0 Å². The minimum absolute atomic E-state index is 0.0230. The number of anilines is 1. The summed E-state index contributed by atoms with van der Waals surface area (Å²) < 4.78 is 72.9. The molecule has 5 atom stereocenters. The molecule has 2 fully saturated rings. The zero-order valence-corrected chi connectivity index (χ0v) is 38.2. The summed E-state index contributed by atoms with van der Waals surface area (Å²) in [5.41, 5.74) is -1.20. The molecule has 4 aromatic rings. The summed E-state index contributed by atoms with van der Waals surface area (Å²) in [5, 5.41) is 10.5. The van der Waals surface area contributed by atoms with Crippen LogP contribution >= 0.6 is 8.53 Å². The number of benzene rings is 3. The summed E-state index contributed by atoms with van der Waals surface area (Å²) in [7, 11) is -1.70. The van der Waals surface area contributed by atoms with E-state index in [1.165, 1.54) is 24.5 Å². The Balaban J connectivity index is 1.59. The van der Waals surface area contributed by atoms with Crippen LogP contribution in [0.1, 0.15) is 69.5 Å². The molecule has 332 valence electrons. The Morgan fingerprint density at radius 3 is 2.08 bits per heavy atom. The largest absolute Gasteiger partial charge is 0.497 e. The third kappa shape index (κ3) is 9.15. The Hall–Kier alpha value is -4.76. The molecule has 0 radical (unpaired) electrons. The lowest BCUT2D eigenvalue weighted by Gasteiger charge is -2.46. The predicted molar refractivity (Wildman–Crippen MR) is 234 cm³/mol. The van der Waals surface area contributed by atoms with Gasteiger partial charge in [-0.05, 0) is 75.6 Å². The third-order valence-electron chi connectivity index (χ3n) is 11.0. The summed E-state index contributed by atoms with van der Waals surface area (Å²) in [4.78, 5) is 30.1. The number of nitrogens with one attached hydrogen (secondary N) is 1. The molecule has 1 unspecified atom stereocenters. The number of methoxy groups -OCH3 is 2. The van der Waals surface area contributed by atoms with Crippen molar-refractivity contribution in [3.8, 4) is 17.6 Å². The molecule has 2 aliphatic rings. The first-order valence-corrected chi connectivity index (χ1v) is 22.9. The maximum absolute atomic E-state index is 14.8. The Bertz CT molecular complexity index is 2340. The number of amides is 1. The molecule has 0 aliphatic carbocycles. The van der Waals surface area contributed by atoms with Crippen molar-refractivity contribution in [3.05, 3.63) is 118 Å². The normalized spacial score (nSPS) is 21.5. The monoisotopic (exact) mass is 890 g/mol. The van der Waals surface area contributed by atoms with E-state index >= 15 is 0 Å². The van der Waals surface area contributed by atoms with Crippen LogP contribution in [0.2, 0.25) is 0 Å². The van der Waals surface area contributed by atoms with Crippen LogP contribution in [0.4, 0.5) is 5.82 Å². The highest BCUT2D eigenvalue weighted by Crippen LogP contribution is 2.56. The predicted octanol–water partition coefficient (Wildman–Crippen LogP) is 6.11. The van der Waals surface area contributed by atoms with E-state index in [0.717, 1.165) is 21.3 Å². The van der Waals surface area contributed by atoms with E-state index in [9.17, 15) is 23.3 Å². The van der Waals surface area contributed by atoms with E-state index < -0.39 is 58.9 Å². The van der Waals surface area contributed by atoms with Gasteiger partial charge in [-0.25, -0.2) is 22.2 Å². The van der Waals surface area contributed by atoms with Crippen LogP contribution in [0.25, 0.3) is 0 Å². The van der Waals surface area contributed by atoms with Gasteiger partial charge in [0, 0.05) is 44.4 Å². The number of hydrogen-bond acceptors (Lipinski definition) is 13. The molecule has 2 aliphatic heterocycles. The first-order valence-electron chi connectivity index (χ1n) is 20.3. The maximum Gasteiger partial charge on any atom is 0.351 e. The molecule has 18 heteroatoms. The van der Waals surface area contributed by atoms with Crippen molar-refractivity contribution in [1.82, 2.24) is 18.5 Å². The molecule has 16 nitrogen and oxygen atoms in total. The SMILES string of the molecule is COc1ccc(C(OC[C@@]23CN(C)S(=O)(=O)[C@@H]([C@H](n4cc(C)c(NC(C)=O)nc4=O)O2)[C@@H]3OP(OCCC#N)N(C(C)C)C(C)C)(c2ccccc2)c2ccc(OC)cc2)cc1. The van der Waals surface area contributed by atoms with Crippen LogP contribution in [-0.2, 0) is 38.9 Å². The number of aryl methyl sites for hydroxylation is 1. The van der Waals surface area contributed by atoms with Gasteiger partial charge in [-0.1, -0.05) is 54.6 Å². The lowest BCUT2D eigenvalue weighted by atomic mass is 9.79. The Morgan fingerprint density at radius 2 is 1.56 bits per heavy atom. The van der Waals surface area contributed by atoms with Crippen molar-refractivity contribution >= 4 is 30.3 Å². The number of carbonyl (C=O) groups is 1. The first-order chi connectivity index (χ1) is 29.5. The van der Waals surface area contributed by atoms with Crippen molar-refractivity contribution in [2.45, 2.75) is 88.8 Å². The quantitative estimate of drug-likeness (QED) is 0.0687. The van der Waals surface area contributed by atoms with Crippen LogP contribution in [-0.4, -0.2) is 103 Å². The molecule has 3 heterocycles. The Kier molecular flexibility index (Phi) is 14.6. The van der Waals surface area contributed by atoms with Gasteiger partial charge < -0.3 is 33.3 Å². The fraction of sp³-hybridized carbons (Fsp3) is 0.455. The van der Waals surface area contributed by atoms with Gasteiger partial charge in [0.15, 0.2) is 11.5 Å². The third-order valence-corrected chi connectivity index (χ3v) is 15.3. The molecule has 1 N–H and O–H groups in total. The number of aromatic nitrogens is 2. The number of fused-ring (bicyclic) bond motifs is 2. The zero-order chi connectivity index (χ0) is 45.0. The molecule has 1 amide bonds. The van der Waals surface area contributed by atoms with Gasteiger partial charge >= 0.3 is 5.69 Å². The Morgan fingerprint density at radius 1 is 1.00 bits per heavy atom. The first kappa shape index (κ1) is 46.7. The van der Waals surface area contributed by atoms with Crippen LogP contribution in [0.15, 0.2) is 89.9 Å². The summed E-state index contributed by atoms with van der Waals surface area (Å²) in [6.07, 6.45) is -1.28. The number of sulfonamides is 1. The minimum atomic E-state index is -4.29. The summed E-state index contributed by atoms with van der Waals surface area (Å²) in [6, 6.07) is 26.5. The lowest BCUT2D eigenvalue weighted by molar-refractivity contribution is -0.160. The maximum atomic E-state index is 14.8. The molecule has 3 aromatic carbocycles. The smallest absolute Gasteiger partial charge is 0.351 e. The molecule has 0 spiro atoms. The summed E-state index contributed by atoms with van der Waals surface area (Å²) >= 11 is 0. The zero-order valence-electron chi connectivity index (χ0n) is 36.5. The van der Waals surface area contributed by atoms with Crippen molar-refractivity contribution < 1.29 is 41.2 Å². The summed E-state index contributed by atoms with van der Waals surface area (Å²) in [6.45, 7) is 10.4. The number of ether oxygens (including phenoxy) is 4. The van der Waals surface area contributed by atoms with Gasteiger partial charge in [0.25, 0.3) is 8.53 Å². The number of hydrogen-bond donors (Lipinski definition) is 1. The molecule has 2 bridgehead atoms. The van der Waals surface area contributed by atoms with Gasteiger partial charge in [-0.2, -0.15) is 10.2 Å². The summed E-state index contributed by atoms with van der Waals surface area (Å²) in [5.74, 6) is 0.866. The number of rotatable bonds is 18. The van der Waals surface area contributed by atoms with Crippen molar-refractivity contribution in [3.63, 3.8) is 0 Å². The van der Waals surface area contributed by atoms with Crippen molar-refractivity contribution in [2.24, 2.45) is 0 Å². The van der Waals surface area contributed by atoms with Crippen LogP contribution in [0.5, 0.6) is 11.5 Å². The van der Waals surface area contributed by atoms with Crippen molar-refractivity contribution in [2.75, 3.05) is 46.3 Å². The Labute approximate surface area is 364 Å². The second kappa shape index (κ2) is 19.3. The molecule has 0 saturated carbocycles. The number of likely N-dealkylation sites (N-methyl/N-ethyl adjacent to an activating group) is 1. The van der Waals surface area contributed by atoms with E-state index in [-0.39, 0.29) is 44.1 Å². The van der Waals surface area contributed by atoms with Gasteiger partial charge in [0.1, 0.15) is 34.6 Å². The van der Waals surface area contributed by atoms with Gasteiger partial charge in [-0.3, -0.25) is 9.36 Å². The molecular weight excluding hydrogens is 836 g/mol. The molecule has 2 saturated heterocycles. The van der Waals surface area contributed by atoms with Gasteiger partial charge in [-0.15, -0.1) is 0 Å². The standard InChI is InChI=1S/C44H55N6O10PS/c1-29(2)50(30(3)4)61(58-25-13-24-45)60-39-38-41(49-26-31(5)40(46-32(6)51)47-42(49)52)59-43(39,27-48(7)62(38,53)54)28-57-44(33-14-11-10-12-15-33,34-16-20-36(55-8)21-17-34)35-18-22-37(56-9)23-19-35/h10-12,14-23,26,29-30,38-39,41H,13,25,27-28H2,1-9H3,(H,46,47,51,52)/t38-,39+,41-,43-,61?/m1/s1. The fourth-order valence-electron chi connectivity index (χ4n) is 8.20. The number of carbonyl (C=O) groups excluding carboxylic acids is 1. The highest BCUT2D eigenvalue weighted by Gasteiger charge is 2.68. The number of nitriles is 1. The molecule has 62 heavy (non-hydrogen) atoms. The highest BCUT2D eigenvalue weighted by molar-refractivity contribution is 7.89. The van der Waals surface area contributed by atoms with Gasteiger partial charge in [0.2, 0.25) is 15.9 Å². The molecule has 6 rings (SSSR count). The average molecular weight is 891 g/mol. The van der Waals surface area contributed by atoms with E-state index in [0.29, 0.717) is 17.1 Å².